The second-order valence-electron chi connectivity index (χ2n) is 6.21. The molecule has 0 unspecified atom stereocenters. The maximum absolute atomic E-state index is 4.63. The molecule has 3 rings (SSSR count). The molecule has 0 heterocycles. The van der Waals surface area contributed by atoms with Gasteiger partial charge in [-0.2, -0.15) is 0 Å². The summed E-state index contributed by atoms with van der Waals surface area (Å²) in [6.07, 6.45) is 0. The number of hydrogen-bond acceptors (Lipinski definition) is 2. The van der Waals surface area contributed by atoms with Crippen molar-refractivity contribution >= 4 is 23.0 Å². The van der Waals surface area contributed by atoms with E-state index in [1.54, 1.807) is 0 Å². The third-order valence-corrected chi connectivity index (χ3v) is 4.14. The van der Waals surface area contributed by atoms with E-state index in [2.05, 4.69) is 44.9 Å². The number of anilines is 2. The number of rotatable bonds is 6. The Morgan fingerprint density at radius 2 is 0.929 bits per heavy atom. The molecule has 0 aliphatic carbocycles. The third kappa shape index (κ3) is 5.30. The van der Waals surface area contributed by atoms with Crippen molar-refractivity contribution in [2.24, 2.45) is 9.98 Å². The largest absolute Gasteiger partial charge is 0.340 e. The number of nitrogens with one attached hydrogen (secondary N) is 2. The normalized spacial score (nSPS) is 11.9. The van der Waals surface area contributed by atoms with E-state index in [-0.39, 0.29) is 0 Å². The van der Waals surface area contributed by atoms with Crippen LogP contribution in [0.5, 0.6) is 0 Å². The predicted molar refractivity (Wildman–Crippen MR) is 121 cm³/mol. The molecule has 4 heteroatoms. The molecule has 0 saturated heterocycles. The van der Waals surface area contributed by atoms with Gasteiger partial charge in [-0.25, -0.2) is 0 Å². The van der Waals surface area contributed by atoms with E-state index < -0.39 is 0 Å². The molecule has 0 bridgehead atoms. The summed E-state index contributed by atoms with van der Waals surface area (Å²) in [5.74, 6) is 1.73. The van der Waals surface area contributed by atoms with Crippen molar-refractivity contribution in [2.45, 2.75) is 13.8 Å². The number of amidine groups is 2. The molecule has 0 spiro atoms. The van der Waals surface area contributed by atoms with Crippen LogP contribution >= 0.6 is 0 Å². The second-order valence-corrected chi connectivity index (χ2v) is 6.21. The number of para-hydroxylation sites is 2. The molecule has 4 nitrogen and oxygen atoms in total. The maximum Gasteiger partial charge on any atom is 0.132 e. The Labute approximate surface area is 167 Å². The average molecular weight is 370 g/mol. The summed E-state index contributed by atoms with van der Waals surface area (Å²) < 4.78 is 0. The quantitative estimate of drug-likeness (QED) is 0.448. The molecule has 0 aliphatic rings. The van der Waals surface area contributed by atoms with Gasteiger partial charge in [-0.1, -0.05) is 60.7 Å². The zero-order valence-corrected chi connectivity index (χ0v) is 16.4. The molecule has 0 aliphatic heterocycles. The van der Waals surface area contributed by atoms with Crippen molar-refractivity contribution < 1.29 is 0 Å². The van der Waals surface area contributed by atoms with Gasteiger partial charge in [-0.15, -0.1) is 0 Å². The summed E-state index contributed by atoms with van der Waals surface area (Å²) in [6.45, 7) is 5.51. The van der Waals surface area contributed by atoms with Crippen molar-refractivity contribution in [3.8, 4) is 0 Å². The molecule has 0 saturated carbocycles. The lowest BCUT2D eigenvalue weighted by Gasteiger charge is -2.13. The summed E-state index contributed by atoms with van der Waals surface area (Å²) in [5, 5.41) is 6.83. The van der Waals surface area contributed by atoms with Gasteiger partial charge < -0.3 is 10.6 Å². The van der Waals surface area contributed by atoms with Crippen molar-refractivity contribution in [3.05, 3.63) is 96.1 Å². The van der Waals surface area contributed by atoms with E-state index in [9.17, 15) is 0 Å². The highest BCUT2D eigenvalue weighted by Gasteiger charge is 2.07. The molecule has 0 fully saturated rings. The van der Waals surface area contributed by atoms with Crippen molar-refractivity contribution in [1.82, 2.24) is 0 Å². The van der Waals surface area contributed by atoms with Crippen LogP contribution in [0, 0.1) is 0 Å². The van der Waals surface area contributed by atoms with Crippen LogP contribution in [0.3, 0.4) is 0 Å². The highest BCUT2D eigenvalue weighted by atomic mass is 15.0. The maximum atomic E-state index is 4.63. The Hall–Kier alpha value is -3.40. The lowest BCUT2D eigenvalue weighted by atomic mass is 10.1. The molecule has 0 aromatic heterocycles. The van der Waals surface area contributed by atoms with Gasteiger partial charge in [-0.05, 0) is 38.1 Å². The van der Waals surface area contributed by atoms with Crippen LogP contribution in [-0.4, -0.2) is 24.8 Å². The molecule has 0 radical (unpaired) electrons. The number of aliphatic imine (C=N–C) groups is 2. The lowest BCUT2D eigenvalue weighted by Crippen LogP contribution is -2.16. The minimum atomic E-state index is 0.717. The summed E-state index contributed by atoms with van der Waals surface area (Å²) in [6, 6.07) is 28.5. The molecular weight excluding hydrogens is 344 g/mol. The Morgan fingerprint density at radius 3 is 1.25 bits per heavy atom. The first-order valence-corrected chi connectivity index (χ1v) is 9.64. The SMILES string of the molecule is CCN=C(Nc1ccccc1)c1ccc(C(=NCC)Nc2ccccc2)cc1. The van der Waals surface area contributed by atoms with Crippen molar-refractivity contribution in [2.75, 3.05) is 23.7 Å². The summed E-state index contributed by atoms with van der Waals surface area (Å²) in [4.78, 5) is 9.26. The van der Waals surface area contributed by atoms with E-state index in [0.29, 0.717) is 0 Å². The lowest BCUT2D eigenvalue weighted by molar-refractivity contribution is 1.12. The van der Waals surface area contributed by atoms with Gasteiger partial charge in [-0.3, -0.25) is 9.98 Å². The Morgan fingerprint density at radius 1 is 0.571 bits per heavy atom. The summed E-state index contributed by atoms with van der Waals surface area (Å²) >= 11 is 0. The monoisotopic (exact) mass is 370 g/mol. The molecular formula is C24H26N4. The molecule has 3 aromatic carbocycles. The number of benzene rings is 3. The Balaban J connectivity index is 1.81. The van der Waals surface area contributed by atoms with Crippen LogP contribution < -0.4 is 10.6 Å². The van der Waals surface area contributed by atoms with Gasteiger partial charge >= 0.3 is 0 Å². The second kappa shape index (κ2) is 10.1. The van der Waals surface area contributed by atoms with Gasteiger partial charge in [0.05, 0.1) is 0 Å². The van der Waals surface area contributed by atoms with Crippen molar-refractivity contribution in [1.29, 1.82) is 0 Å². The van der Waals surface area contributed by atoms with Gasteiger partial charge in [0, 0.05) is 35.6 Å². The first-order valence-electron chi connectivity index (χ1n) is 9.64. The number of hydrogen-bond donors (Lipinski definition) is 2. The fraction of sp³-hybridized carbons (Fsp3) is 0.167. The van der Waals surface area contributed by atoms with Crippen LogP contribution in [-0.2, 0) is 0 Å². The Bertz CT molecular complexity index is 835. The van der Waals surface area contributed by atoms with E-state index in [4.69, 9.17) is 0 Å². The van der Waals surface area contributed by atoms with E-state index >= 15 is 0 Å². The van der Waals surface area contributed by atoms with Crippen LogP contribution in [0.4, 0.5) is 11.4 Å². The molecule has 142 valence electrons. The minimum Gasteiger partial charge on any atom is -0.340 e. The molecule has 0 atom stereocenters. The average Bonchev–Trinajstić information content (AvgIpc) is 2.75. The van der Waals surface area contributed by atoms with E-state index in [1.165, 1.54) is 0 Å². The standard InChI is InChI=1S/C24H26N4/c1-3-25-23(27-21-11-7-5-8-12-21)19-15-17-20(18-16-19)24(26-4-2)28-22-13-9-6-10-14-22/h5-18H,3-4H2,1-2H3,(H,25,27)(H,26,28). The number of nitrogens with zero attached hydrogens (tertiary/aromatic N) is 2. The van der Waals surface area contributed by atoms with E-state index in [1.807, 2.05) is 74.5 Å². The van der Waals surface area contributed by atoms with Gasteiger partial charge in [0.25, 0.3) is 0 Å². The van der Waals surface area contributed by atoms with Gasteiger partial charge in [0.1, 0.15) is 11.7 Å². The topological polar surface area (TPSA) is 48.8 Å². The fourth-order valence-corrected chi connectivity index (χ4v) is 2.82. The van der Waals surface area contributed by atoms with Crippen molar-refractivity contribution in [3.63, 3.8) is 0 Å². The van der Waals surface area contributed by atoms with Gasteiger partial charge in [0.15, 0.2) is 0 Å². The fourth-order valence-electron chi connectivity index (χ4n) is 2.82. The summed E-state index contributed by atoms with van der Waals surface area (Å²) in [7, 11) is 0. The van der Waals surface area contributed by atoms with Crippen LogP contribution in [0.1, 0.15) is 25.0 Å². The smallest absolute Gasteiger partial charge is 0.132 e. The van der Waals surface area contributed by atoms with Crippen LogP contribution in [0.2, 0.25) is 0 Å². The van der Waals surface area contributed by atoms with Gasteiger partial charge in [0.2, 0.25) is 0 Å². The van der Waals surface area contributed by atoms with Crippen LogP contribution in [0.15, 0.2) is 94.9 Å². The zero-order chi connectivity index (χ0) is 19.6. The molecule has 3 aromatic rings. The third-order valence-electron chi connectivity index (χ3n) is 4.14. The molecule has 28 heavy (non-hydrogen) atoms. The molecule has 2 N–H and O–H groups in total. The first kappa shape index (κ1) is 19.4. The first-order chi connectivity index (χ1) is 13.8. The van der Waals surface area contributed by atoms with E-state index in [0.717, 1.165) is 47.3 Å². The highest BCUT2D eigenvalue weighted by molar-refractivity contribution is 6.11. The summed E-state index contributed by atoms with van der Waals surface area (Å²) in [5.41, 5.74) is 4.14. The zero-order valence-electron chi connectivity index (χ0n) is 16.4. The minimum absolute atomic E-state index is 0.717. The highest BCUT2D eigenvalue weighted by Crippen LogP contribution is 2.13. The Kier molecular flexibility index (Phi) is 6.96. The predicted octanol–water partition coefficient (Wildman–Crippen LogP) is 5.44. The molecule has 0 amide bonds. The van der Waals surface area contributed by atoms with Crippen LogP contribution in [0.25, 0.3) is 0 Å².